The van der Waals surface area contributed by atoms with Crippen LogP contribution in [-0.4, -0.2) is 4.98 Å². The summed E-state index contributed by atoms with van der Waals surface area (Å²) in [6.45, 7) is 0. The summed E-state index contributed by atoms with van der Waals surface area (Å²) in [5.74, 6) is 0. The van der Waals surface area contributed by atoms with Crippen LogP contribution in [0, 0.1) is 0 Å². The lowest BCUT2D eigenvalue weighted by Gasteiger charge is -2.02. The Morgan fingerprint density at radius 3 is 2.68 bits per heavy atom. The summed E-state index contributed by atoms with van der Waals surface area (Å²) in [6, 6.07) is 10.9. The van der Waals surface area contributed by atoms with Crippen LogP contribution in [-0.2, 0) is 0 Å². The molecule has 0 atom stereocenters. The summed E-state index contributed by atoms with van der Waals surface area (Å²) >= 11 is 11.8. The zero-order chi connectivity index (χ0) is 13.4. The first-order valence-electron chi connectivity index (χ1n) is 5.50. The number of aromatic nitrogens is 1. The Kier molecular flexibility index (Phi) is 2.97. The Morgan fingerprint density at radius 2 is 1.95 bits per heavy atom. The largest absolute Gasteiger partial charge is 0.423 e. The van der Waals surface area contributed by atoms with Crippen LogP contribution in [0.25, 0.3) is 11.1 Å². The summed E-state index contributed by atoms with van der Waals surface area (Å²) in [4.78, 5) is 4.28. The van der Waals surface area contributed by atoms with Gasteiger partial charge in [-0.1, -0.05) is 29.3 Å². The van der Waals surface area contributed by atoms with Gasteiger partial charge in [-0.3, -0.25) is 0 Å². The molecule has 19 heavy (non-hydrogen) atoms. The molecule has 96 valence electrons. The van der Waals surface area contributed by atoms with Gasteiger partial charge in [0.05, 0.1) is 15.7 Å². The number of anilines is 3. The molecular formula is C13H9Cl2N3O. The molecule has 0 aliphatic heterocycles. The monoisotopic (exact) mass is 293 g/mol. The van der Waals surface area contributed by atoms with Gasteiger partial charge in [0.1, 0.15) is 5.52 Å². The Hall–Kier alpha value is -1.91. The predicted octanol–water partition coefficient (Wildman–Crippen LogP) is 4.46. The number of hydrogen-bond donors (Lipinski definition) is 2. The first-order valence-corrected chi connectivity index (χ1v) is 6.26. The SMILES string of the molecule is Nc1cccc2oc(Nc3ccc(Cl)c(Cl)c3)nc12. The number of halogens is 2. The van der Waals surface area contributed by atoms with Crippen LogP contribution < -0.4 is 11.1 Å². The molecule has 0 spiro atoms. The molecule has 1 aromatic heterocycles. The lowest BCUT2D eigenvalue weighted by Crippen LogP contribution is -1.90. The molecule has 0 bridgehead atoms. The van der Waals surface area contributed by atoms with E-state index >= 15 is 0 Å². The second-order valence-electron chi connectivity index (χ2n) is 3.97. The molecule has 3 aromatic rings. The van der Waals surface area contributed by atoms with Crippen LogP contribution in [0.1, 0.15) is 0 Å². The van der Waals surface area contributed by atoms with Gasteiger partial charge in [0.2, 0.25) is 0 Å². The average Bonchev–Trinajstić information content (AvgIpc) is 2.78. The van der Waals surface area contributed by atoms with Crippen LogP contribution in [0.2, 0.25) is 10.0 Å². The van der Waals surface area contributed by atoms with Gasteiger partial charge in [0.25, 0.3) is 6.01 Å². The van der Waals surface area contributed by atoms with E-state index in [2.05, 4.69) is 10.3 Å². The number of nitrogen functional groups attached to an aromatic ring is 1. The summed E-state index contributed by atoms with van der Waals surface area (Å²) in [7, 11) is 0. The summed E-state index contributed by atoms with van der Waals surface area (Å²) in [5.41, 5.74) is 8.38. The molecule has 0 aliphatic rings. The zero-order valence-corrected chi connectivity index (χ0v) is 11.2. The van der Waals surface area contributed by atoms with Crippen molar-refractivity contribution in [2.45, 2.75) is 0 Å². The van der Waals surface area contributed by atoms with Crippen molar-refractivity contribution in [2.75, 3.05) is 11.1 Å². The van der Waals surface area contributed by atoms with Crippen LogP contribution >= 0.6 is 23.2 Å². The van der Waals surface area contributed by atoms with Gasteiger partial charge in [0, 0.05) is 5.69 Å². The highest BCUT2D eigenvalue weighted by atomic mass is 35.5. The van der Waals surface area contributed by atoms with Crippen molar-refractivity contribution in [3.63, 3.8) is 0 Å². The number of para-hydroxylation sites is 1. The van der Waals surface area contributed by atoms with Gasteiger partial charge in [-0.05, 0) is 30.3 Å². The minimum Gasteiger partial charge on any atom is -0.423 e. The smallest absolute Gasteiger partial charge is 0.300 e. The third-order valence-corrected chi connectivity index (χ3v) is 3.36. The number of benzene rings is 2. The summed E-state index contributed by atoms with van der Waals surface area (Å²) in [5, 5.41) is 3.97. The first kappa shape index (κ1) is 12.1. The Labute approximate surface area is 119 Å². The van der Waals surface area contributed by atoms with Crippen molar-refractivity contribution < 1.29 is 4.42 Å². The fraction of sp³-hybridized carbons (Fsp3) is 0. The van der Waals surface area contributed by atoms with Crippen molar-refractivity contribution in [3.8, 4) is 0 Å². The Balaban J connectivity index is 1.96. The molecule has 6 heteroatoms. The first-order chi connectivity index (χ1) is 9.13. The minimum atomic E-state index is 0.353. The van der Waals surface area contributed by atoms with Gasteiger partial charge in [-0.25, -0.2) is 0 Å². The number of hydrogen-bond acceptors (Lipinski definition) is 4. The van der Waals surface area contributed by atoms with Gasteiger partial charge in [-0.2, -0.15) is 4.98 Å². The fourth-order valence-corrected chi connectivity index (χ4v) is 2.02. The van der Waals surface area contributed by atoms with Crippen molar-refractivity contribution in [2.24, 2.45) is 0 Å². The predicted molar refractivity (Wildman–Crippen MR) is 78.2 cm³/mol. The molecule has 0 radical (unpaired) electrons. The summed E-state index contributed by atoms with van der Waals surface area (Å²) < 4.78 is 5.54. The van der Waals surface area contributed by atoms with Gasteiger partial charge < -0.3 is 15.5 Å². The average molecular weight is 294 g/mol. The lowest BCUT2D eigenvalue weighted by atomic mass is 10.3. The van der Waals surface area contributed by atoms with E-state index in [1.807, 2.05) is 6.07 Å². The van der Waals surface area contributed by atoms with Crippen molar-refractivity contribution in [1.82, 2.24) is 4.98 Å². The van der Waals surface area contributed by atoms with Gasteiger partial charge >= 0.3 is 0 Å². The molecule has 0 amide bonds. The molecule has 4 nitrogen and oxygen atoms in total. The molecule has 1 heterocycles. The normalized spacial score (nSPS) is 10.8. The molecule has 3 rings (SSSR count). The molecular weight excluding hydrogens is 285 g/mol. The van der Waals surface area contributed by atoms with E-state index < -0.39 is 0 Å². The van der Waals surface area contributed by atoms with E-state index in [4.69, 9.17) is 33.4 Å². The molecule has 0 fully saturated rings. The standard InChI is InChI=1S/C13H9Cl2N3O/c14-8-5-4-7(6-9(8)15)17-13-18-12-10(16)2-1-3-11(12)19-13/h1-6H,16H2,(H,17,18). The van der Waals surface area contributed by atoms with Gasteiger partial charge in [-0.15, -0.1) is 0 Å². The molecule has 0 aliphatic carbocycles. The molecule has 3 N–H and O–H groups in total. The second-order valence-corrected chi connectivity index (χ2v) is 4.78. The molecule has 0 unspecified atom stereocenters. The molecule has 0 saturated carbocycles. The number of nitrogens with two attached hydrogens (primary N) is 1. The number of nitrogens with one attached hydrogen (secondary N) is 1. The maximum absolute atomic E-state index is 5.94. The van der Waals surface area contributed by atoms with E-state index in [0.29, 0.717) is 32.8 Å². The van der Waals surface area contributed by atoms with Crippen molar-refractivity contribution in [3.05, 3.63) is 46.4 Å². The fourth-order valence-electron chi connectivity index (χ4n) is 1.72. The lowest BCUT2D eigenvalue weighted by molar-refractivity contribution is 0.623. The van der Waals surface area contributed by atoms with Crippen LogP contribution in [0.4, 0.5) is 17.4 Å². The zero-order valence-electron chi connectivity index (χ0n) is 9.65. The van der Waals surface area contributed by atoms with E-state index in [1.54, 1.807) is 30.3 Å². The second kappa shape index (κ2) is 4.64. The maximum Gasteiger partial charge on any atom is 0.300 e. The van der Waals surface area contributed by atoms with E-state index in [9.17, 15) is 0 Å². The summed E-state index contributed by atoms with van der Waals surface area (Å²) in [6.07, 6.45) is 0. The van der Waals surface area contributed by atoms with Crippen LogP contribution in [0.5, 0.6) is 0 Å². The maximum atomic E-state index is 5.94. The number of nitrogens with zero attached hydrogens (tertiary/aromatic N) is 1. The van der Waals surface area contributed by atoms with Gasteiger partial charge in [0.15, 0.2) is 5.58 Å². The number of fused-ring (bicyclic) bond motifs is 1. The van der Waals surface area contributed by atoms with Crippen molar-refractivity contribution in [1.29, 1.82) is 0 Å². The Morgan fingerprint density at radius 1 is 1.11 bits per heavy atom. The third-order valence-electron chi connectivity index (χ3n) is 2.62. The van der Waals surface area contributed by atoms with Crippen molar-refractivity contribution >= 4 is 51.7 Å². The highest BCUT2D eigenvalue weighted by Crippen LogP contribution is 2.29. The molecule has 0 saturated heterocycles. The van der Waals surface area contributed by atoms with E-state index in [-0.39, 0.29) is 0 Å². The quantitative estimate of drug-likeness (QED) is 0.685. The molecule has 2 aromatic carbocycles. The van der Waals surface area contributed by atoms with E-state index in [1.165, 1.54) is 0 Å². The topological polar surface area (TPSA) is 64.1 Å². The minimum absolute atomic E-state index is 0.353. The number of rotatable bonds is 2. The highest BCUT2D eigenvalue weighted by molar-refractivity contribution is 6.42. The van der Waals surface area contributed by atoms with E-state index in [0.717, 1.165) is 5.69 Å². The van der Waals surface area contributed by atoms with Crippen LogP contribution in [0.15, 0.2) is 40.8 Å². The highest BCUT2D eigenvalue weighted by Gasteiger charge is 2.08. The number of oxazole rings is 1. The Bertz CT molecular complexity index is 755. The third kappa shape index (κ3) is 2.32. The van der Waals surface area contributed by atoms with Crippen LogP contribution in [0.3, 0.4) is 0 Å².